The van der Waals surface area contributed by atoms with Crippen molar-refractivity contribution in [3.8, 4) is 0 Å². The zero-order valence-corrected chi connectivity index (χ0v) is 18.5. The van der Waals surface area contributed by atoms with Crippen molar-refractivity contribution in [1.82, 2.24) is 14.5 Å². The van der Waals surface area contributed by atoms with Crippen LogP contribution in [0.5, 0.6) is 0 Å². The van der Waals surface area contributed by atoms with E-state index in [-0.39, 0.29) is 29.8 Å². The number of carbonyl (C=O) groups excluding carboxylic acids is 1. The quantitative estimate of drug-likeness (QED) is 0.707. The molecular weight excluding hydrogens is 431 g/mol. The highest BCUT2D eigenvalue weighted by molar-refractivity contribution is 7.89. The molecule has 0 aliphatic carbocycles. The number of nitrogens with zero attached hydrogens (tertiary/aromatic N) is 2. The smallest absolute Gasteiger partial charge is 0.356 e. The van der Waals surface area contributed by atoms with E-state index in [9.17, 15) is 26.4 Å². The molecule has 1 N–H and O–H groups in total. The third-order valence-electron chi connectivity index (χ3n) is 6.31. The molecular formula is C21H30F3N3O3S. The number of sulfonamides is 1. The molecule has 0 saturated carbocycles. The first kappa shape index (κ1) is 24.0. The maximum Gasteiger partial charge on any atom is 0.416 e. The summed E-state index contributed by atoms with van der Waals surface area (Å²) in [5.41, 5.74) is -0.993. The molecule has 0 aromatic heterocycles. The highest BCUT2D eigenvalue weighted by Gasteiger charge is 2.35. The number of benzene rings is 1. The molecule has 0 radical (unpaired) electrons. The van der Waals surface area contributed by atoms with Crippen LogP contribution in [0, 0.1) is 11.8 Å². The summed E-state index contributed by atoms with van der Waals surface area (Å²) in [6.07, 6.45) is -0.667. The van der Waals surface area contributed by atoms with Crippen LogP contribution in [0.3, 0.4) is 0 Å². The van der Waals surface area contributed by atoms with Gasteiger partial charge in [0.2, 0.25) is 15.9 Å². The molecule has 2 heterocycles. The van der Waals surface area contributed by atoms with Gasteiger partial charge >= 0.3 is 6.18 Å². The van der Waals surface area contributed by atoms with Crippen molar-refractivity contribution in [1.29, 1.82) is 0 Å². The van der Waals surface area contributed by atoms with E-state index in [4.69, 9.17) is 0 Å². The molecule has 6 nitrogen and oxygen atoms in total. The van der Waals surface area contributed by atoms with Crippen molar-refractivity contribution in [2.75, 3.05) is 39.8 Å². The highest BCUT2D eigenvalue weighted by atomic mass is 32.2. The molecule has 31 heavy (non-hydrogen) atoms. The van der Waals surface area contributed by atoms with Crippen molar-refractivity contribution in [2.45, 2.75) is 43.2 Å². The van der Waals surface area contributed by atoms with Gasteiger partial charge in [-0.05, 0) is 76.4 Å². The Morgan fingerprint density at radius 2 is 1.74 bits per heavy atom. The second kappa shape index (κ2) is 9.87. The van der Waals surface area contributed by atoms with Gasteiger partial charge in [0.05, 0.1) is 10.5 Å². The first-order valence-corrected chi connectivity index (χ1v) is 12.1. The molecule has 2 aliphatic heterocycles. The van der Waals surface area contributed by atoms with Crippen molar-refractivity contribution in [3.63, 3.8) is 0 Å². The monoisotopic (exact) mass is 461 g/mol. The average Bonchev–Trinajstić information content (AvgIpc) is 2.74. The topological polar surface area (TPSA) is 69.7 Å². The van der Waals surface area contributed by atoms with E-state index >= 15 is 0 Å². The molecule has 0 spiro atoms. The molecule has 174 valence electrons. The predicted octanol–water partition coefficient (Wildman–Crippen LogP) is 2.95. The zero-order valence-electron chi connectivity index (χ0n) is 17.7. The number of rotatable bonds is 6. The molecule has 2 aliphatic rings. The van der Waals surface area contributed by atoms with Crippen LogP contribution in [0.25, 0.3) is 0 Å². The largest absolute Gasteiger partial charge is 0.416 e. The van der Waals surface area contributed by atoms with E-state index in [1.807, 2.05) is 0 Å². The SMILES string of the molecule is CN1CCC(CCNC(=O)C2CCN(S(=O)(=O)c3cccc(C(F)(F)F)c3)CC2)CC1. The summed E-state index contributed by atoms with van der Waals surface area (Å²) in [5.74, 6) is 0.283. The lowest BCUT2D eigenvalue weighted by atomic mass is 9.93. The fourth-order valence-corrected chi connectivity index (χ4v) is 5.75. The fraction of sp³-hybridized carbons (Fsp3) is 0.667. The lowest BCUT2D eigenvalue weighted by Crippen LogP contribution is -2.43. The average molecular weight is 462 g/mol. The number of nitrogens with one attached hydrogen (secondary N) is 1. The van der Waals surface area contributed by atoms with Crippen LogP contribution in [0.1, 0.15) is 37.7 Å². The normalized spacial score (nSPS) is 20.6. The number of carbonyl (C=O) groups is 1. The Labute approximate surface area is 181 Å². The number of hydrogen-bond acceptors (Lipinski definition) is 4. The Morgan fingerprint density at radius 3 is 2.35 bits per heavy atom. The summed E-state index contributed by atoms with van der Waals surface area (Å²) in [5, 5.41) is 2.97. The van der Waals surface area contributed by atoms with Gasteiger partial charge in [-0.1, -0.05) is 6.07 Å². The van der Waals surface area contributed by atoms with Crippen molar-refractivity contribution in [3.05, 3.63) is 29.8 Å². The lowest BCUT2D eigenvalue weighted by Gasteiger charge is -2.31. The number of amides is 1. The lowest BCUT2D eigenvalue weighted by molar-refractivity contribution is -0.137. The molecule has 0 bridgehead atoms. The number of likely N-dealkylation sites (tertiary alicyclic amines) is 1. The van der Waals surface area contributed by atoms with Crippen molar-refractivity contribution in [2.24, 2.45) is 11.8 Å². The summed E-state index contributed by atoms with van der Waals surface area (Å²) in [7, 11) is -1.92. The van der Waals surface area contributed by atoms with Crippen molar-refractivity contribution < 1.29 is 26.4 Å². The van der Waals surface area contributed by atoms with Gasteiger partial charge in [-0.15, -0.1) is 0 Å². The first-order valence-electron chi connectivity index (χ1n) is 10.7. The minimum atomic E-state index is -4.61. The zero-order chi connectivity index (χ0) is 22.6. The Hall–Kier alpha value is -1.65. The fourth-order valence-electron chi connectivity index (χ4n) is 4.23. The van der Waals surface area contributed by atoms with Gasteiger partial charge in [0.15, 0.2) is 0 Å². The van der Waals surface area contributed by atoms with Crippen LogP contribution in [0.15, 0.2) is 29.2 Å². The summed E-state index contributed by atoms with van der Waals surface area (Å²) >= 11 is 0. The maximum atomic E-state index is 12.9. The summed E-state index contributed by atoms with van der Waals surface area (Å²) in [4.78, 5) is 14.4. The Balaban J connectivity index is 1.49. The van der Waals surface area contributed by atoms with Gasteiger partial charge in [0, 0.05) is 25.6 Å². The molecule has 0 atom stereocenters. The third-order valence-corrected chi connectivity index (χ3v) is 8.21. The van der Waals surface area contributed by atoms with Crippen LogP contribution >= 0.6 is 0 Å². The summed E-state index contributed by atoms with van der Waals surface area (Å²) in [6.45, 7) is 3.02. The predicted molar refractivity (Wildman–Crippen MR) is 111 cm³/mol. The Morgan fingerprint density at radius 1 is 1.10 bits per heavy atom. The first-order chi connectivity index (χ1) is 14.6. The number of halogens is 3. The summed E-state index contributed by atoms with van der Waals surface area (Å²) in [6, 6.07) is 3.78. The molecule has 1 aromatic rings. The van der Waals surface area contributed by atoms with Crippen LogP contribution in [0.2, 0.25) is 0 Å². The van der Waals surface area contributed by atoms with Gasteiger partial charge in [-0.3, -0.25) is 4.79 Å². The van der Waals surface area contributed by atoms with Gasteiger partial charge in [0.25, 0.3) is 0 Å². The van der Waals surface area contributed by atoms with E-state index < -0.39 is 21.8 Å². The van der Waals surface area contributed by atoms with E-state index in [1.165, 1.54) is 10.4 Å². The Kier molecular flexibility index (Phi) is 7.64. The molecule has 3 rings (SSSR count). The van der Waals surface area contributed by atoms with Crippen molar-refractivity contribution >= 4 is 15.9 Å². The molecule has 1 amide bonds. The van der Waals surface area contributed by atoms with E-state index in [2.05, 4.69) is 17.3 Å². The maximum absolute atomic E-state index is 12.9. The highest BCUT2D eigenvalue weighted by Crippen LogP contribution is 2.32. The third kappa shape index (κ3) is 6.20. The molecule has 0 unspecified atom stereocenters. The second-order valence-electron chi connectivity index (χ2n) is 8.53. The molecule has 1 aromatic carbocycles. The van der Waals surface area contributed by atoms with Gasteiger partial charge < -0.3 is 10.2 Å². The van der Waals surface area contributed by atoms with Crippen LogP contribution < -0.4 is 5.32 Å². The van der Waals surface area contributed by atoms with Gasteiger partial charge in [-0.2, -0.15) is 17.5 Å². The van der Waals surface area contributed by atoms with E-state index in [1.54, 1.807) is 0 Å². The van der Waals surface area contributed by atoms with Crippen LogP contribution in [0.4, 0.5) is 13.2 Å². The van der Waals surface area contributed by atoms with E-state index in [0.717, 1.165) is 44.5 Å². The standard InChI is InChI=1S/C21H30F3N3O3S/c1-26-11-6-16(7-12-26)5-10-25-20(28)17-8-13-27(14-9-17)31(29,30)19-4-2-3-18(15-19)21(22,23)24/h2-4,15-17H,5-14H2,1H3,(H,25,28). The number of hydrogen-bond donors (Lipinski definition) is 1. The van der Waals surface area contributed by atoms with Gasteiger partial charge in [-0.25, -0.2) is 8.42 Å². The molecule has 2 saturated heterocycles. The summed E-state index contributed by atoms with van der Waals surface area (Å²) < 4.78 is 65.5. The van der Waals surface area contributed by atoms with Gasteiger partial charge in [0.1, 0.15) is 0 Å². The van der Waals surface area contributed by atoms with Crippen LogP contribution in [-0.4, -0.2) is 63.3 Å². The minimum absolute atomic E-state index is 0.0657. The molecule has 2 fully saturated rings. The van der Waals surface area contributed by atoms with E-state index in [0.29, 0.717) is 31.4 Å². The second-order valence-corrected chi connectivity index (χ2v) is 10.5. The Bertz CT molecular complexity index is 860. The minimum Gasteiger partial charge on any atom is -0.356 e. The molecule has 10 heteroatoms. The number of alkyl halides is 3. The number of piperidine rings is 2. The van der Waals surface area contributed by atoms with Crippen LogP contribution in [-0.2, 0) is 21.0 Å².